The van der Waals surface area contributed by atoms with Gasteiger partial charge in [-0.15, -0.1) is 0 Å². The minimum Gasteiger partial charge on any atom is -0.337 e. The molecule has 0 unspecified atom stereocenters. The molecule has 0 spiro atoms. The third-order valence-electron chi connectivity index (χ3n) is 4.72. The molecule has 0 aliphatic rings. The van der Waals surface area contributed by atoms with Gasteiger partial charge >= 0.3 is 0 Å². The van der Waals surface area contributed by atoms with Crippen molar-refractivity contribution in [1.29, 1.82) is 0 Å². The van der Waals surface area contributed by atoms with Crippen LogP contribution in [0.15, 0.2) is 66.1 Å². The van der Waals surface area contributed by atoms with Crippen molar-refractivity contribution >= 4 is 42.4 Å². The van der Waals surface area contributed by atoms with E-state index >= 15 is 0 Å². The lowest BCUT2D eigenvalue weighted by atomic mass is 10.2. The van der Waals surface area contributed by atoms with E-state index in [9.17, 15) is 17.6 Å². The molecule has 1 amide bonds. The Labute approximate surface area is 182 Å². The number of rotatable bonds is 7. The second-order valence-corrected chi connectivity index (χ2v) is 10.0. The number of halogens is 1. The van der Waals surface area contributed by atoms with E-state index in [1.807, 2.05) is 10.8 Å². The summed E-state index contributed by atoms with van der Waals surface area (Å²) in [6.07, 6.45) is 6.96. The van der Waals surface area contributed by atoms with Crippen LogP contribution < -0.4 is 4.90 Å². The van der Waals surface area contributed by atoms with Crippen molar-refractivity contribution in [1.82, 2.24) is 14.5 Å². The van der Waals surface area contributed by atoms with E-state index in [0.29, 0.717) is 34.9 Å². The van der Waals surface area contributed by atoms with Crippen LogP contribution in [0, 0.1) is 5.82 Å². The SMILES string of the molecule is CS(=O)(=O)c1ccc(C(=O)N(CCCn2ccnc2)c2nc3c(F)cccc3s2)cc1. The lowest BCUT2D eigenvalue weighted by Gasteiger charge is -2.20. The van der Waals surface area contributed by atoms with Crippen molar-refractivity contribution in [2.24, 2.45) is 0 Å². The molecule has 0 saturated carbocycles. The Morgan fingerprint density at radius 1 is 1.19 bits per heavy atom. The number of nitrogens with zero attached hydrogens (tertiary/aromatic N) is 4. The summed E-state index contributed by atoms with van der Waals surface area (Å²) >= 11 is 1.24. The van der Waals surface area contributed by atoms with Gasteiger partial charge in [-0.05, 0) is 42.8 Å². The van der Waals surface area contributed by atoms with E-state index < -0.39 is 15.7 Å². The number of aromatic nitrogens is 3. The lowest BCUT2D eigenvalue weighted by molar-refractivity contribution is 0.0986. The summed E-state index contributed by atoms with van der Waals surface area (Å²) in [4.78, 5) is 23.3. The van der Waals surface area contributed by atoms with Crippen LogP contribution in [0.25, 0.3) is 10.2 Å². The molecule has 0 aliphatic heterocycles. The number of carbonyl (C=O) groups is 1. The van der Waals surface area contributed by atoms with E-state index in [-0.39, 0.29) is 16.3 Å². The Balaban J connectivity index is 1.64. The van der Waals surface area contributed by atoms with E-state index in [1.165, 1.54) is 46.6 Å². The summed E-state index contributed by atoms with van der Waals surface area (Å²) in [6, 6.07) is 10.5. The number of hydrogen-bond donors (Lipinski definition) is 0. The Morgan fingerprint density at radius 3 is 2.61 bits per heavy atom. The number of hydrogen-bond acceptors (Lipinski definition) is 6. The van der Waals surface area contributed by atoms with E-state index in [1.54, 1.807) is 24.7 Å². The summed E-state index contributed by atoms with van der Waals surface area (Å²) in [7, 11) is -3.36. The average Bonchev–Trinajstić information content (AvgIpc) is 3.41. The van der Waals surface area contributed by atoms with Crippen molar-refractivity contribution in [3.63, 3.8) is 0 Å². The van der Waals surface area contributed by atoms with Crippen molar-refractivity contribution in [3.8, 4) is 0 Å². The number of benzene rings is 2. The van der Waals surface area contributed by atoms with Gasteiger partial charge in [0.2, 0.25) is 0 Å². The monoisotopic (exact) mass is 458 g/mol. The summed E-state index contributed by atoms with van der Waals surface area (Å²) in [5.74, 6) is -0.770. The molecular weight excluding hydrogens is 439 g/mol. The van der Waals surface area contributed by atoms with Crippen molar-refractivity contribution in [2.75, 3.05) is 17.7 Å². The van der Waals surface area contributed by atoms with Crippen molar-refractivity contribution in [2.45, 2.75) is 17.9 Å². The van der Waals surface area contributed by atoms with E-state index in [2.05, 4.69) is 9.97 Å². The van der Waals surface area contributed by atoms with Gasteiger partial charge in [0.25, 0.3) is 5.91 Å². The molecule has 4 rings (SSSR count). The normalized spacial score (nSPS) is 11.7. The van der Waals surface area contributed by atoms with E-state index in [0.717, 1.165) is 6.26 Å². The van der Waals surface area contributed by atoms with Gasteiger partial charge in [-0.3, -0.25) is 9.69 Å². The Bertz CT molecular complexity index is 1320. The Hall–Kier alpha value is -3.11. The zero-order valence-corrected chi connectivity index (χ0v) is 18.2. The topological polar surface area (TPSA) is 85.2 Å². The fourth-order valence-electron chi connectivity index (χ4n) is 3.13. The molecule has 4 aromatic rings. The van der Waals surface area contributed by atoms with E-state index in [4.69, 9.17) is 0 Å². The largest absolute Gasteiger partial charge is 0.337 e. The van der Waals surface area contributed by atoms with Crippen LogP contribution in [0.2, 0.25) is 0 Å². The molecular formula is C21H19FN4O3S2. The fraction of sp³-hybridized carbons (Fsp3) is 0.190. The Morgan fingerprint density at radius 2 is 1.97 bits per heavy atom. The summed E-state index contributed by atoms with van der Waals surface area (Å²) in [5.41, 5.74) is 0.553. The molecule has 0 saturated heterocycles. The maximum absolute atomic E-state index is 14.2. The Kier molecular flexibility index (Phi) is 5.84. The minimum absolute atomic E-state index is 0.137. The first-order chi connectivity index (χ1) is 14.8. The first-order valence-corrected chi connectivity index (χ1v) is 12.2. The number of carbonyl (C=O) groups excluding carboxylic acids is 1. The lowest BCUT2D eigenvalue weighted by Crippen LogP contribution is -2.32. The number of amides is 1. The van der Waals surface area contributed by atoms with Crippen molar-refractivity contribution in [3.05, 3.63) is 72.6 Å². The maximum Gasteiger partial charge on any atom is 0.260 e. The second kappa shape index (κ2) is 8.56. The number of aryl methyl sites for hydroxylation is 1. The third-order valence-corrected chi connectivity index (χ3v) is 6.89. The van der Waals surface area contributed by atoms with Crippen LogP contribution in [0.5, 0.6) is 0 Å². The van der Waals surface area contributed by atoms with Gasteiger partial charge in [-0.2, -0.15) is 0 Å². The molecule has 2 aromatic heterocycles. The van der Waals surface area contributed by atoms with Crippen LogP contribution >= 0.6 is 11.3 Å². The molecule has 10 heteroatoms. The molecule has 0 atom stereocenters. The molecule has 0 aliphatic carbocycles. The summed E-state index contributed by atoms with van der Waals surface area (Å²) < 4.78 is 40.1. The number of para-hydroxylation sites is 1. The predicted molar refractivity (Wildman–Crippen MR) is 118 cm³/mol. The molecule has 0 bridgehead atoms. The van der Waals surface area contributed by atoms with Gasteiger partial charge in [0.05, 0.1) is 15.9 Å². The van der Waals surface area contributed by atoms with Gasteiger partial charge in [0.1, 0.15) is 11.3 Å². The minimum atomic E-state index is -3.36. The molecule has 2 aromatic carbocycles. The highest BCUT2D eigenvalue weighted by molar-refractivity contribution is 7.90. The molecule has 2 heterocycles. The third kappa shape index (κ3) is 4.64. The zero-order valence-electron chi connectivity index (χ0n) is 16.6. The van der Waals surface area contributed by atoms with Gasteiger partial charge < -0.3 is 4.57 Å². The number of imidazole rings is 1. The van der Waals surface area contributed by atoms with Crippen LogP contribution in [-0.2, 0) is 16.4 Å². The van der Waals surface area contributed by atoms with Gasteiger partial charge in [-0.25, -0.2) is 22.8 Å². The van der Waals surface area contributed by atoms with Crippen LogP contribution in [0.4, 0.5) is 9.52 Å². The average molecular weight is 459 g/mol. The second-order valence-electron chi connectivity index (χ2n) is 6.99. The first kappa shape index (κ1) is 21.1. The molecule has 31 heavy (non-hydrogen) atoms. The van der Waals surface area contributed by atoms with Crippen LogP contribution in [0.3, 0.4) is 0 Å². The van der Waals surface area contributed by atoms with Crippen LogP contribution in [-0.4, -0.2) is 41.7 Å². The first-order valence-electron chi connectivity index (χ1n) is 9.46. The van der Waals surface area contributed by atoms with Gasteiger partial charge in [-0.1, -0.05) is 17.4 Å². The summed E-state index contributed by atoms with van der Waals surface area (Å²) in [5, 5.41) is 0.392. The number of anilines is 1. The van der Waals surface area contributed by atoms with Crippen molar-refractivity contribution < 1.29 is 17.6 Å². The predicted octanol–water partition coefficient (Wildman–Crippen LogP) is 3.77. The number of thiazole rings is 1. The highest BCUT2D eigenvalue weighted by Crippen LogP contribution is 2.31. The molecule has 160 valence electrons. The molecule has 0 N–H and O–H groups in total. The van der Waals surface area contributed by atoms with Crippen LogP contribution in [0.1, 0.15) is 16.8 Å². The fourth-order valence-corrected chi connectivity index (χ4v) is 4.77. The zero-order chi connectivity index (χ0) is 22.0. The van der Waals surface area contributed by atoms with Gasteiger partial charge in [0.15, 0.2) is 15.0 Å². The number of fused-ring (bicyclic) bond motifs is 1. The maximum atomic E-state index is 14.2. The van der Waals surface area contributed by atoms with Gasteiger partial charge in [0, 0.05) is 37.3 Å². The summed E-state index contributed by atoms with van der Waals surface area (Å²) in [6.45, 7) is 1.00. The molecule has 7 nitrogen and oxygen atoms in total. The number of sulfone groups is 1. The quantitative estimate of drug-likeness (QED) is 0.421. The standard InChI is InChI=1S/C21H19FN4O3S2/c1-31(28,29)16-8-6-15(7-9-16)20(27)26(12-3-11-25-13-10-23-14-25)21-24-19-17(22)4-2-5-18(19)30-21/h2,4-10,13-14H,3,11-12H2,1H3. The molecule has 0 radical (unpaired) electrons. The molecule has 0 fully saturated rings. The highest BCUT2D eigenvalue weighted by atomic mass is 32.2. The highest BCUT2D eigenvalue weighted by Gasteiger charge is 2.22. The smallest absolute Gasteiger partial charge is 0.260 e.